The topological polar surface area (TPSA) is 69.0 Å². The van der Waals surface area contributed by atoms with Crippen LogP contribution in [0.25, 0.3) is 16.6 Å². The van der Waals surface area contributed by atoms with Crippen molar-refractivity contribution in [2.45, 2.75) is 0 Å². The summed E-state index contributed by atoms with van der Waals surface area (Å²) >= 11 is 0. The number of rotatable bonds is 6. The minimum atomic E-state index is -0.715. The molecule has 0 bridgehead atoms. The number of aromatic nitrogens is 1. The van der Waals surface area contributed by atoms with Crippen LogP contribution in [0.4, 0.5) is 5.69 Å². The zero-order chi connectivity index (χ0) is 21.1. The first-order chi connectivity index (χ1) is 14.6. The zero-order valence-corrected chi connectivity index (χ0v) is 16.6. The highest BCUT2D eigenvalue weighted by Gasteiger charge is 2.25. The van der Waals surface area contributed by atoms with Gasteiger partial charge < -0.3 is 19.2 Å². The number of ether oxygens (including phenoxy) is 2. The summed E-state index contributed by atoms with van der Waals surface area (Å²) in [6.07, 6.45) is 1.73. The molecular weight excluding hydrogens is 380 g/mol. The van der Waals surface area contributed by atoms with Crippen LogP contribution in [0.3, 0.4) is 0 Å². The minimum absolute atomic E-state index is 0.296. The summed E-state index contributed by atoms with van der Waals surface area (Å²) < 4.78 is 12.1. The van der Waals surface area contributed by atoms with Crippen molar-refractivity contribution in [3.63, 3.8) is 0 Å². The van der Waals surface area contributed by atoms with Crippen LogP contribution in [0.2, 0.25) is 0 Å². The van der Waals surface area contributed by atoms with Crippen molar-refractivity contribution >= 4 is 22.9 Å². The number of methoxy groups -OCH3 is 2. The van der Waals surface area contributed by atoms with Crippen LogP contribution < -0.4 is 14.8 Å². The predicted molar refractivity (Wildman–Crippen MR) is 115 cm³/mol. The third-order valence-electron chi connectivity index (χ3n) is 4.83. The van der Waals surface area contributed by atoms with E-state index in [1.807, 2.05) is 42.5 Å². The molecule has 0 unspecified atom stereocenters. The van der Waals surface area contributed by atoms with Crippen molar-refractivity contribution in [2.75, 3.05) is 19.5 Å². The summed E-state index contributed by atoms with van der Waals surface area (Å²) in [7, 11) is 3.15. The fourth-order valence-electron chi connectivity index (χ4n) is 3.32. The molecule has 4 rings (SSSR count). The van der Waals surface area contributed by atoms with Gasteiger partial charge >= 0.3 is 0 Å². The van der Waals surface area contributed by atoms with Gasteiger partial charge in [-0.1, -0.05) is 30.3 Å². The molecule has 2 heterocycles. The van der Waals surface area contributed by atoms with Crippen LogP contribution in [0.15, 0.2) is 79.0 Å². The summed E-state index contributed by atoms with van der Waals surface area (Å²) in [4.78, 5) is 26.0. The lowest BCUT2D eigenvalue weighted by Gasteiger charge is -2.09. The molecule has 1 amide bonds. The average Bonchev–Trinajstić information content (AvgIpc) is 3.18. The lowest BCUT2D eigenvalue weighted by atomic mass is 10.0. The Bertz CT molecular complexity index is 1210. The molecule has 0 radical (unpaired) electrons. The van der Waals surface area contributed by atoms with Crippen LogP contribution in [0.1, 0.15) is 10.5 Å². The first-order valence-electron chi connectivity index (χ1n) is 9.35. The van der Waals surface area contributed by atoms with Gasteiger partial charge in [0.2, 0.25) is 0 Å². The van der Waals surface area contributed by atoms with Gasteiger partial charge in [-0.2, -0.15) is 0 Å². The fraction of sp³-hybridized carbons (Fsp3) is 0.0833. The fourth-order valence-corrected chi connectivity index (χ4v) is 3.32. The molecule has 4 aromatic rings. The van der Waals surface area contributed by atoms with Gasteiger partial charge in [0, 0.05) is 23.5 Å². The largest absolute Gasteiger partial charge is 0.497 e. The number of amides is 1. The number of carbonyl (C=O) groups is 2. The maximum Gasteiger partial charge on any atom is 0.298 e. The second-order valence-corrected chi connectivity index (χ2v) is 6.65. The number of nitrogens with one attached hydrogen (secondary N) is 1. The number of hydrogen-bond acceptors (Lipinski definition) is 4. The van der Waals surface area contributed by atoms with E-state index in [0.717, 1.165) is 11.1 Å². The van der Waals surface area contributed by atoms with Gasteiger partial charge in [-0.15, -0.1) is 0 Å². The average molecular weight is 400 g/mol. The van der Waals surface area contributed by atoms with E-state index >= 15 is 0 Å². The van der Waals surface area contributed by atoms with Gasteiger partial charge in [0.15, 0.2) is 0 Å². The number of benzene rings is 2. The Hall–Kier alpha value is -4.06. The summed E-state index contributed by atoms with van der Waals surface area (Å²) in [6, 6.07) is 21.8. The summed E-state index contributed by atoms with van der Waals surface area (Å²) in [5.74, 6) is -0.0125. The molecule has 0 fully saturated rings. The molecule has 2 aromatic heterocycles. The lowest BCUT2D eigenvalue weighted by Crippen LogP contribution is -2.24. The van der Waals surface area contributed by atoms with Crippen LogP contribution in [-0.2, 0) is 4.79 Å². The van der Waals surface area contributed by atoms with Gasteiger partial charge in [-0.05, 0) is 42.0 Å². The maximum atomic E-state index is 13.2. The Balaban J connectivity index is 1.75. The number of fused-ring (bicyclic) bond motifs is 1. The van der Waals surface area contributed by atoms with E-state index in [0.29, 0.717) is 28.4 Å². The Labute approximate surface area is 173 Å². The molecule has 150 valence electrons. The monoisotopic (exact) mass is 400 g/mol. The number of Topliss-reactive ketones (excluding diaryl/α,β-unsaturated/α-hetero) is 1. The second kappa shape index (κ2) is 8.13. The molecule has 6 nitrogen and oxygen atoms in total. The number of hydrogen-bond donors (Lipinski definition) is 1. The standard InChI is InChI=1S/C24H20N2O4/c1-29-19-10-8-17(9-11-19)25-24(28)23(27)22-21(16-6-4-3-5-7-16)15-18-14-20(30-2)12-13-26(18)22/h3-15H,1-2H3,(H,25,28). The van der Waals surface area contributed by atoms with Crippen LogP contribution in [-0.4, -0.2) is 30.3 Å². The van der Waals surface area contributed by atoms with Gasteiger partial charge in [0.1, 0.15) is 17.2 Å². The molecule has 6 heteroatoms. The van der Waals surface area contributed by atoms with E-state index < -0.39 is 11.7 Å². The molecule has 0 saturated carbocycles. The summed E-state index contributed by atoms with van der Waals surface area (Å²) in [5, 5.41) is 2.67. The van der Waals surface area contributed by atoms with E-state index in [9.17, 15) is 9.59 Å². The Morgan fingerprint density at radius 3 is 2.20 bits per heavy atom. The zero-order valence-electron chi connectivity index (χ0n) is 16.6. The lowest BCUT2D eigenvalue weighted by molar-refractivity contribution is -0.112. The number of ketones is 1. The van der Waals surface area contributed by atoms with Crippen LogP contribution in [0, 0.1) is 0 Å². The number of pyridine rings is 1. The van der Waals surface area contributed by atoms with Crippen molar-refractivity contribution < 1.29 is 19.1 Å². The van der Waals surface area contributed by atoms with Gasteiger partial charge in [-0.3, -0.25) is 9.59 Å². The smallest absolute Gasteiger partial charge is 0.298 e. The molecule has 30 heavy (non-hydrogen) atoms. The number of carbonyl (C=O) groups excluding carboxylic acids is 2. The Kier molecular flexibility index (Phi) is 5.22. The maximum absolute atomic E-state index is 13.2. The molecule has 0 aliphatic rings. The molecule has 0 aliphatic carbocycles. The van der Waals surface area contributed by atoms with Crippen molar-refractivity contribution in [1.82, 2.24) is 4.40 Å². The molecule has 2 aromatic carbocycles. The third-order valence-corrected chi connectivity index (χ3v) is 4.83. The molecular formula is C24H20N2O4. The third kappa shape index (κ3) is 3.63. The van der Waals surface area contributed by atoms with Crippen LogP contribution >= 0.6 is 0 Å². The second-order valence-electron chi connectivity index (χ2n) is 6.65. The van der Waals surface area contributed by atoms with E-state index in [1.54, 1.807) is 55.1 Å². The summed E-state index contributed by atoms with van der Waals surface area (Å²) in [6.45, 7) is 0. The normalized spacial score (nSPS) is 10.6. The van der Waals surface area contributed by atoms with E-state index in [4.69, 9.17) is 9.47 Å². The number of anilines is 1. The van der Waals surface area contributed by atoms with Crippen molar-refractivity contribution in [2.24, 2.45) is 0 Å². The molecule has 0 atom stereocenters. The first kappa shape index (κ1) is 19.3. The highest BCUT2D eigenvalue weighted by atomic mass is 16.5. The van der Waals surface area contributed by atoms with Gasteiger partial charge in [0.05, 0.1) is 19.7 Å². The molecule has 0 spiro atoms. The van der Waals surface area contributed by atoms with Gasteiger partial charge in [0.25, 0.3) is 11.7 Å². The minimum Gasteiger partial charge on any atom is -0.497 e. The highest BCUT2D eigenvalue weighted by molar-refractivity contribution is 6.47. The molecule has 1 N–H and O–H groups in total. The highest BCUT2D eigenvalue weighted by Crippen LogP contribution is 2.30. The van der Waals surface area contributed by atoms with Crippen molar-refractivity contribution in [1.29, 1.82) is 0 Å². The quantitative estimate of drug-likeness (QED) is 0.384. The van der Waals surface area contributed by atoms with Crippen molar-refractivity contribution in [3.8, 4) is 22.6 Å². The van der Waals surface area contributed by atoms with E-state index in [2.05, 4.69) is 5.32 Å². The van der Waals surface area contributed by atoms with Crippen molar-refractivity contribution in [3.05, 3.63) is 84.7 Å². The SMILES string of the molecule is COc1ccc(NC(=O)C(=O)c2c(-c3ccccc3)cc3cc(OC)ccn23)cc1. The van der Waals surface area contributed by atoms with E-state index in [-0.39, 0.29) is 0 Å². The Morgan fingerprint density at radius 1 is 0.833 bits per heavy atom. The molecule has 0 aliphatic heterocycles. The first-order valence-corrected chi connectivity index (χ1v) is 9.35. The van der Waals surface area contributed by atoms with Gasteiger partial charge in [-0.25, -0.2) is 0 Å². The van der Waals surface area contributed by atoms with Crippen LogP contribution in [0.5, 0.6) is 11.5 Å². The molecule has 0 saturated heterocycles. The predicted octanol–water partition coefficient (Wildman–Crippen LogP) is 4.44. The summed E-state index contributed by atoms with van der Waals surface area (Å²) in [5.41, 5.74) is 3.09. The Morgan fingerprint density at radius 2 is 1.53 bits per heavy atom. The number of nitrogens with zero attached hydrogens (tertiary/aromatic N) is 1. The van der Waals surface area contributed by atoms with E-state index in [1.165, 1.54) is 0 Å².